The van der Waals surface area contributed by atoms with Gasteiger partial charge in [-0.15, -0.1) is 0 Å². The Hall–Kier alpha value is -0.300. The van der Waals surface area contributed by atoms with Crippen LogP contribution in [0, 0.1) is 5.92 Å². The predicted molar refractivity (Wildman–Crippen MR) is 42.8 cm³/mol. The average molecular weight is 140 g/mol. The van der Waals surface area contributed by atoms with Crippen LogP contribution < -0.4 is 0 Å². The summed E-state index contributed by atoms with van der Waals surface area (Å²) in [7, 11) is 0. The van der Waals surface area contributed by atoms with Gasteiger partial charge in [-0.2, -0.15) is 0 Å². The first kappa shape index (κ1) is 7.80. The van der Waals surface area contributed by atoms with E-state index in [-0.39, 0.29) is 0 Å². The second-order valence-corrected chi connectivity index (χ2v) is 3.14. The molecule has 0 heterocycles. The van der Waals surface area contributed by atoms with Gasteiger partial charge in [0.2, 0.25) is 0 Å². The molecule has 1 N–H and O–H groups in total. The zero-order valence-corrected chi connectivity index (χ0v) is 6.47. The molecule has 1 nitrogen and oxygen atoms in total. The highest BCUT2D eigenvalue weighted by atomic mass is 16.3. The monoisotopic (exact) mass is 140 g/mol. The molecule has 0 aromatic heterocycles. The van der Waals surface area contributed by atoms with Crippen molar-refractivity contribution in [2.45, 2.75) is 32.1 Å². The van der Waals surface area contributed by atoms with Gasteiger partial charge in [0.15, 0.2) is 0 Å². The molecule has 58 valence electrons. The van der Waals surface area contributed by atoms with Crippen LogP contribution >= 0.6 is 0 Å². The van der Waals surface area contributed by atoms with Gasteiger partial charge in [0.1, 0.15) is 0 Å². The molecular formula is C9H16O. The minimum Gasteiger partial charge on any atom is -0.396 e. The smallest absolute Gasteiger partial charge is 0.0496 e. The van der Waals surface area contributed by atoms with Crippen molar-refractivity contribution in [3.8, 4) is 0 Å². The SMILES string of the molecule is C=C1CCCCCC1CO. The summed E-state index contributed by atoms with van der Waals surface area (Å²) in [6.45, 7) is 4.27. The highest BCUT2D eigenvalue weighted by molar-refractivity contribution is 5.01. The van der Waals surface area contributed by atoms with E-state index in [1.807, 2.05) is 0 Å². The zero-order chi connectivity index (χ0) is 7.40. The third kappa shape index (κ3) is 1.84. The van der Waals surface area contributed by atoms with Crippen molar-refractivity contribution in [2.24, 2.45) is 5.92 Å². The molecule has 0 saturated heterocycles. The van der Waals surface area contributed by atoms with E-state index in [0.717, 1.165) is 12.8 Å². The van der Waals surface area contributed by atoms with Gasteiger partial charge in [-0.3, -0.25) is 0 Å². The van der Waals surface area contributed by atoms with E-state index in [2.05, 4.69) is 6.58 Å². The Morgan fingerprint density at radius 2 is 2.20 bits per heavy atom. The summed E-state index contributed by atoms with van der Waals surface area (Å²) in [6.07, 6.45) is 6.13. The van der Waals surface area contributed by atoms with E-state index in [1.165, 1.54) is 24.8 Å². The molecule has 0 radical (unpaired) electrons. The van der Waals surface area contributed by atoms with Crippen LogP contribution in [0.5, 0.6) is 0 Å². The Kier molecular flexibility index (Phi) is 2.94. The van der Waals surface area contributed by atoms with Crippen molar-refractivity contribution in [3.05, 3.63) is 12.2 Å². The minimum atomic E-state index is 0.304. The van der Waals surface area contributed by atoms with E-state index >= 15 is 0 Å². The van der Waals surface area contributed by atoms with E-state index < -0.39 is 0 Å². The second-order valence-electron chi connectivity index (χ2n) is 3.14. The Morgan fingerprint density at radius 1 is 1.40 bits per heavy atom. The first-order valence-electron chi connectivity index (χ1n) is 4.13. The molecule has 0 aromatic carbocycles. The van der Waals surface area contributed by atoms with Gasteiger partial charge in [0.25, 0.3) is 0 Å². The van der Waals surface area contributed by atoms with Crippen LogP contribution in [0.1, 0.15) is 32.1 Å². The summed E-state index contributed by atoms with van der Waals surface area (Å²) >= 11 is 0. The molecule has 1 saturated carbocycles. The maximum absolute atomic E-state index is 8.93. The molecule has 1 fully saturated rings. The van der Waals surface area contributed by atoms with Gasteiger partial charge in [0.05, 0.1) is 0 Å². The molecular weight excluding hydrogens is 124 g/mol. The summed E-state index contributed by atoms with van der Waals surface area (Å²) in [5.74, 6) is 0.405. The number of hydrogen-bond acceptors (Lipinski definition) is 1. The quantitative estimate of drug-likeness (QED) is 0.437. The maximum Gasteiger partial charge on any atom is 0.0496 e. The molecule has 0 aromatic rings. The highest BCUT2D eigenvalue weighted by Gasteiger charge is 2.13. The van der Waals surface area contributed by atoms with Crippen LogP contribution in [-0.4, -0.2) is 11.7 Å². The van der Waals surface area contributed by atoms with Gasteiger partial charge in [-0.25, -0.2) is 0 Å². The summed E-state index contributed by atoms with van der Waals surface area (Å²) < 4.78 is 0. The fourth-order valence-corrected chi connectivity index (χ4v) is 1.55. The molecule has 0 amide bonds. The van der Waals surface area contributed by atoms with Crippen molar-refractivity contribution >= 4 is 0 Å². The molecule has 1 atom stereocenters. The van der Waals surface area contributed by atoms with Crippen LogP contribution in [0.4, 0.5) is 0 Å². The fraction of sp³-hybridized carbons (Fsp3) is 0.778. The molecule has 1 heteroatoms. The number of aliphatic hydroxyl groups is 1. The van der Waals surface area contributed by atoms with Crippen LogP contribution in [0.15, 0.2) is 12.2 Å². The number of rotatable bonds is 1. The van der Waals surface area contributed by atoms with Crippen LogP contribution in [0.2, 0.25) is 0 Å². The first-order chi connectivity index (χ1) is 4.84. The summed E-state index contributed by atoms with van der Waals surface area (Å²) in [5, 5.41) is 8.93. The highest BCUT2D eigenvalue weighted by Crippen LogP contribution is 2.25. The molecule has 0 aliphatic heterocycles. The topological polar surface area (TPSA) is 20.2 Å². The Bertz CT molecular complexity index is 118. The lowest BCUT2D eigenvalue weighted by atomic mass is 9.97. The molecule has 1 rings (SSSR count). The Morgan fingerprint density at radius 3 is 2.90 bits per heavy atom. The molecule has 1 aliphatic carbocycles. The van der Waals surface area contributed by atoms with E-state index in [0.29, 0.717) is 12.5 Å². The van der Waals surface area contributed by atoms with Crippen molar-refractivity contribution in [1.29, 1.82) is 0 Å². The van der Waals surface area contributed by atoms with Crippen LogP contribution in [-0.2, 0) is 0 Å². The largest absolute Gasteiger partial charge is 0.396 e. The second kappa shape index (κ2) is 3.77. The molecule has 0 spiro atoms. The maximum atomic E-state index is 8.93. The Balaban J connectivity index is 2.43. The lowest BCUT2D eigenvalue weighted by molar-refractivity contribution is 0.239. The zero-order valence-electron chi connectivity index (χ0n) is 6.47. The summed E-state index contributed by atoms with van der Waals surface area (Å²) in [6, 6.07) is 0. The van der Waals surface area contributed by atoms with Gasteiger partial charge in [-0.1, -0.05) is 25.0 Å². The standard InChI is InChI=1S/C9H16O/c1-8-5-3-2-4-6-9(8)7-10/h9-10H,1-7H2. The minimum absolute atomic E-state index is 0.304. The number of aliphatic hydroxyl groups excluding tert-OH is 1. The van der Waals surface area contributed by atoms with Crippen molar-refractivity contribution in [2.75, 3.05) is 6.61 Å². The average Bonchev–Trinajstić information content (AvgIpc) is 2.13. The van der Waals surface area contributed by atoms with Crippen LogP contribution in [0.3, 0.4) is 0 Å². The van der Waals surface area contributed by atoms with Crippen molar-refractivity contribution in [3.63, 3.8) is 0 Å². The fourth-order valence-electron chi connectivity index (χ4n) is 1.55. The predicted octanol–water partition coefficient (Wildman–Crippen LogP) is 2.12. The lowest BCUT2D eigenvalue weighted by Crippen LogP contribution is -2.06. The first-order valence-corrected chi connectivity index (χ1v) is 4.13. The summed E-state index contributed by atoms with van der Waals surface area (Å²) in [4.78, 5) is 0. The molecule has 10 heavy (non-hydrogen) atoms. The van der Waals surface area contributed by atoms with Gasteiger partial charge >= 0.3 is 0 Å². The Labute approximate surface area is 62.8 Å². The van der Waals surface area contributed by atoms with Crippen LogP contribution in [0.25, 0.3) is 0 Å². The third-order valence-corrected chi connectivity index (χ3v) is 2.35. The summed E-state index contributed by atoms with van der Waals surface area (Å²) in [5.41, 5.74) is 1.26. The molecule has 0 bridgehead atoms. The van der Waals surface area contributed by atoms with E-state index in [1.54, 1.807) is 0 Å². The van der Waals surface area contributed by atoms with Crippen molar-refractivity contribution in [1.82, 2.24) is 0 Å². The van der Waals surface area contributed by atoms with E-state index in [4.69, 9.17) is 5.11 Å². The molecule has 1 unspecified atom stereocenters. The molecule has 1 aliphatic rings. The van der Waals surface area contributed by atoms with Gasteiger partial charge in [-0.05, 0) is 19.3 Å². The van der Waals surface area contributed by atoms with E-state index in [9.17, 15) is 0 Å². The van der Waals surface area contributed by atoms with Crippen molar-refractivity contribution < 1.29 is 5.11 Å². The lowest BCUT2D eigenvalue weighted by Gasteiger charge is -2.11. The van der Waals surface area contributed by atoms with Gasteiger partial charge < -0.3 is 5.11 Å². The third-order valence-electron chi connectivity index (χ3n) is 2.35. The van der Waals surface area contributed by atoms with Gasteiger partial charge in [0, 0.05) is 12.5 Å². The normalized spacial score (nSPS) is 28.1. The number of hydrogen-bond donors (Lipinski definition) is 1.